The van der Waals surface area contributed by atoms with Gasteiger partial charge in [-0.15, -0.1) is 0 Å². The minimum atomic E-state index is 0.00670. The maximum atomic E-state index is 12.1. The fourth-order valence-corrected chi connectivity index (χ4v) is 2.29. The Kier molecular flexibility index (Phi) is 7.17. The van der Waals surface area contributed by atoms with Crippen LogP contribution in [0.3, 0.4) is 0 Å². The largest absolute Gasteiger partial charge is 0.496 e. The second-order valence-corrected chi connectivity index (χ2v) is 4.97. The molecule has 0 aliphatic heterocycles. The molecule has 1 aromatic rings. The quantitative estimate of drug-likeness (QED) is 0.725. The average molecular weight is 299 g/mol. The number of amides is 1. The van der Waals surface area contributed by atoms with Crippen LogP contribution < -0.4 is 4.74 Å². The number of allylic oxidation sites excluding steroid dienone is 5. The number of benzene rings is 1. The van der Waals surface area contributed by atoms with Gasteiger partial charge in [0, 0.05) is 18.2 Å². The van der Waals surface area contributed by atoms with Crippen molar-refractivity contribution in [3.8, 4) is 5.75 Å². The van der Waals surface area contributed by atoms with E-state index in [2.05, 4.69) is 0 Å². The zero-order valence-corrected chi connectivity index (χ0v) is 14.1. The van der Waals surface area contributed by atoms with Gasteiger partial charge in [0.05, 0.1) is 13.7 Å². The number of hydrogen-bond acceptors (Lipinski definition) is 2. The predicted octanol–water partition coefficient (Wildman–Crippen LogP) is 4.47. The van der Waals surface area contributed by atoms with E-state index in [0.717, 1.165) is 22.6 Å². The van der Waals surface area contributed by atoms with E-state index < -0.39 is 0 Å². The Balaban J connectivity index is 3.15. The molecule has 0 aliphatic carbocycles. The molecule has 118 valence electrons. The van der Waals surface area contributed by atoms with Crippen molar-refractivity contribution in [3.63, 3.8) is 0 Å². The Hall–Kier alpha value is -2.29. The molecular weight excluding hydrogens is 274 g/mol. The molecule has 0 unspecified atom stereocenters. The van der Waals surface area contributed by atoms with Crippen LogP contribution in [0, 0.1) is 0 Å². The zero-order valence-electron chi connectivity index (χ0n) is 14.1. The van der Waals surface area contributed by atoms with Gasteiger partial charge in [-0.25, -0.2) is 0 Å². The minimum absolute atomic E-state index is 0.00670. The number of methoxy groups -OCH3 is 1. The molecule has 0 aliphatic rings. The summed E-state index contributed by atoms with van der Waals surface area (Å²) in [6.45, 7) is 7.99. The number of para-hydroxylation sites is 1. The van der Waals surface area contributed by atoms with Gasteiger partial charge in [-0.2, -0.15) is 0 Å². The van der Waals surface area contributed by atoms with Gasteiger partial charge in [-0.3, -0.25) is 4.79 Å². The fourth-order valence-electron chi connectivity index (χ4n) is 2.29. The lowest BCUT2D eigenvalue weighted by Crippen LogP contribution is -2.28. The van der Waals surface area contributed by atoms with Crippen molar-refractivity contribution >= 4 is 5.91 Å². The Labute approximate surface area is 133 Å². The lowest BCUT2D eigenvalue weighted by Gasteiger charge is -2.25. The van der Waals surface area contributed by atoms with Gasteiger partial charge in [0.1, 0.15) is 5.75 Å². The summed E-state index contributed by atoms with van der Waals surface area (Å²) in [7, 11) is 1.64. The van der Waals surface area contributed by atoms with Gasteiger partial charge in [0.25, 0.3) is 0 Å². The van der Waals surface area contributed by atoms with Crippen LogP contribution >= 0.6 is 0 Å². The molecule has 1 rings (SSSR count). The van der Waals surface area contributed by atoms with Crippen molar-refractivity contribution in [1.82, 2.24) is 4.90 Å². The first kappa shape index (κ1) is 17.8. The van der Waals surface area contributed by atoms with E-state index in [9.17, 15) is 4.79 Å². The second kappa shape index (κ2) is 8.88. The number of hydrogen-bond donors (Lipinski definition) is 0. The summed E-state index contributed by atoms with van der Waals surface area (Å²) in [4.78, 5) is 13.9. The molecule has 0 bridgehead atoms. The van der Waals surface area contributed by atoms with Gasteiger partial charge in [0.15, 0.2) is 0 Å². The van der Waals surface area contributed by atoms with Crippen molar-refractivity contribution in [3.05, 3.63) is 65.4 Å². The molecule has 1 aromatic carbocycles. The predicted molar refractivity (Wildman–Crippen MR) is 91.5 cm³/mol. The summed E-state index contributed by atoms with van der Waals surface area (Å²) in [5, 5.41) is 0. The third-order valence-corrected chi connectivity index (χ3v) is 3.41. The molecule has 1 amide bonds. The van der Waals surface area contributed by atoms with Crippen molar-refractivity contribution in [2.45, 2.75) is 34.2 Å². The first-order valence-electron chi connectivity index (χ1n) is 7.41. The van der Waals surface area contributed by atoms with Gasteiger partial charge >= 0.3 is 0 Å². The maximum absolute atomic E-state index is 12.1. The highest BCUT2D eigenvalue weighted by molar-refractivity contribution is 5.76. The molecule has 0 aromatic heterocycles. The molecule has 3 nitrogen and oxygen atoms in total. The van der Waals surface area contributed by atoms with E-state index >= 15 is 0 Å². The Morgan fingerprint density at radius 1 is 1.23 bits per heavy atom. The van der Waals surface area contributed by atoms with E-state index in [-0.39, 0.29) is 5.91 Å². The highest BCUT2D eigenvalue weighted by atomic mass is 16.5. The topological polar surface area (TPSA) is 29.5 Å². The van der Waals surface area contributed by atoms with Crippen LogP contribution in [0.1, 0.15) is 33.3 Å². The van der Waals surface area contributed by atoms with Crippen molar-refractivity contribution in [2.75, 3.05) is 7.11 Å². The summed E-state index contributed by atoms with van der Waals surface area (Å²) < 4.78 is 5.38. The van der Waals surface area contributed by atoms with E-state index in [1.54, 1.807) is 18.9 Å². The molecule has 0 spiro atoms. The van der Waals surface area contributed by atoms with E-state index in [0.29, 0.717) is 6.54 Å². The monoisotopic (exact) mass is 299 g/mol. The summed E-state index contributed by atoms with van der Waals surface area (Å²) in [5.74, 6) is 0.798. The first-order chi connectivity index (χ1) is 10.5. The zero-order chi connectivity index (χ0) is 16.5. The van der Waals surface area contributed by atoms with Crippen molar-refractivity contribution in [2.24, 2.45) is 0 Å². The molecule has 3 heteroatoms. The van der Waals surface area contributed by atoms with Crippen LogP contribution in [-0.4, -0.2) is 17.9 Å². The molecule has 0 atom stereocenters. The van der Waals surface area contributed by atoms with Crippen LogP contribution in [0.25, 0.3) is 0 Å². The van der Waals surface area contributed by atoms with Crippen molar-refractivity contribution < 1.29 is 9.53 Å². The van der Waals surface area contributed by atoms with Crippen LogP contribution in [-0.2, 0) is 11.3 Å². The highest BCUT2D eigenvalue weighted by Crippen LogP contribution is 2.24. The molecule has 0 saturated carbocycles. The average Bonchev–Trinajstić information content (AvgIpc) is 2.52. The van der Waals surface area contributed by atoms with Crippen LogP contribution in [0.4, 0.5) is 0 Å². The Morgan fingerprint density at radius 2 is 1.91 bits per heavy atom. The smallest absolute Gasteiger partial charge is 0.224 e. The Bertz CT molecular complexity index is 597. The third kappa shape index (κ3) is 4.62. The summed E-state index contributed by atoms with van der Waals surface area (Å²) in [6.07, 6.45) is 7.91. The normalized spacial score (nSPS) is 12.6. The van der Waals surface area contributed by atoms with E-state index in [1.807, 2.05) is 69.3 Å². The molecule has 0 N–H and O–H groups in total. The molecule has 0 fully saturated rings. The van der Waals surface area contributed by atoms with E-state index in [4.69, 9.17) is 4.74 Å². The lowest BCUT2D eigenvalue weighted by atomic mass is 10.1. The van der Waals surface area contributed by atoms with Gasteiger partial charge in [0.2, 0.25) is 5.91 Å². The fraction of sp³-hybridized carbons (Fsp3) is 0.316. The van der Waals surface area contributed by atoms with Crippen LogP contribution in [0.2, 0.25) is 0 Å². The number of carbonyl (C=O) groups excluding carboxylic acids is 1. The molecule has 0 saturated heterocycles. The number of rotatable bonds is 6. The van der Waals surface area contributed by atoms with Gasteiger partial charge < -0.3 is 9.64 Å². The first-order valence-corrected chi connectivity index (χ1v) is 7.41. The van der Waals surface area contributed by atoms with E-state index in [1.165, 1.54) is 0 Å². The molecular formula is C19H25NO2. The molecule has 22 heavy (non-hydrogen) atoms. The third-order valence-electron chi connectivity index (χ3n) is 3.41. The van der Waals surface area contributed by atoms with Gasteiger partial charge in [-0.1, -0.05) is 42.5 Å². The number of ether oxygens (including phenoxy) is 1. The minimum Gasteiger partial charge on any atom is -0.496 e. The highest BCUT2D eigenvalue weighted by Gasteiger charge is 2.17. The van der Waals surface area contributed by atoms with Gasteiger partial charge in [-0.05, 0) is 32.4 Å². The summed E-state index contributed by atoms with van der Waals surface area (Å²) in [6, 6.07) is 7.76. The number of nitrogens with zero attached hydrogens (tertiary/aromatic N) is 1. The Morgan fingerprint density at radius 3 is 2.45 bits per heavy atom. The van der Waals surface area contributed by atoms with Crippen molar-refractivity contribution in [1.29, 1.82) is 0 Å². The maximum Gasteiger partial charge on any atom is 0.224 e. The van der Waals surface area contributed by atoms with Crippen LogP contribution in [0.15, 0.2) is 59.8 Å². The van der Waals surface area contributed by atoms with Crippen LogP contribution in [0.5, 0.6) is 5.75 Å². The number of carbonyl (C=O) groups is 1. The summed E-state index contributed by atoms with van der Waals surface area (Å²) >= 11 is 0. The lowest BCUT2D eigenvalue weighted by molar-refractivity contribution is -0.127. The SMILES string of the molecule is C\C=C/C=C(C)\C(=C/C)N(Cc1ccccc1OC)C(C)=O. The second-order valence-electron chi connectivity index (χ2n) is 4.97. The summed E-state index contributed by atoms with van der Waals surface area (Å²) in [5.41, 5.74) is 2.94. The molecule has 0 heterocycles. The molecule has 0 radical (unpaired) electrons. The standard InChI is InChI=1S/C19H25NO2/c1-6-8-11-15(3)18(7-2)20(16(4)21)14-17-12-9-10-13-19(17)22-5/h6-13H,14H2,1-5H3/b8-6-,15-11-,18-7+.